The van der Waals surface area contributed by atoms with E-state index in [4.69, 9.17) is 23.2 Å². The van der Waals surface area contributed by atoms with Crippen molar-refractivity contribution >= 4 is 23.2 Å². The molecule has 1 aromatic heterocycles. The molecule has 0 aliphatic rings. The summed E-state index contributed by atoms with van der Waals surface area (Å²) in [4.78, 5) is 0. The molecule has 0 amide bonds. The Balaban J connectivity index is 2.27. The summed E-state index contributed by atoms with van der Waals surface area (Å²) in [6, 6.07) is 7.92. The van der Waals surface area contributed by atoms with E-state index in [0.717, 1.165) is 12.1 Å². The van der Waals surface area contributed by atoms with Crippen molar-refractivity contribution in [1.82, 2.24) is 4.57 Å². The van der Waals surface area contributed by atoms with Crippen molar-refractivity contribution in [2.24, 2.45) is 0 Å². The first-order chi connectivity index (χ1) is 7.56. The van der Waals surface area contributed by atoms with Gasteiger partial charge in [0, 0.05) is 18.4 Å². The first-order valence-electron chi connectivity index (χ1n) is 5.13. The van der Waals surface area contributed by atoms with Crippen LogP contribution >= 0.6 is 23.2 Å². The number of benzene rings is 1. The van der Waals surface area contributed by atoms with Gasteiger partial charge >= 0.3 is 0 Å². The first kappa shape index (κ1) is 11.6. The number of rotatable bonds is 2. The van der Waals surface area contributed by atoms with Gasteiger partial charge in [-0.3, -0.25) is 0 Å². The summed E-state index contributed by atoms with van der Waals surface area (Å²) in [7, 11) is 0. The molecular weight excluding hydrogens is 241 g/mol. The molecule has 84 valence electrons. The Morgan fingerprint density at radius 3 is 2.38 bits per heavy atom. The molecule has 0 aliphatic carbocycles. The molecule has 1 heterocycles. The molecule has 3 heteroatoms. The lowest BCUT2D eigenvalue weighted by Gasteiger charge is -2.07. The molecule has 1 aromatic carbocycles. The predicted octanol–water partition coefficient (Wildman–Crippen LogP) is 4.46. The van der Waals surface area contributed by atoms with Gasteiger partial charge in [0.1, 0.15) is 0 Å². The standard InChI is InChI=1S/C13H13Cl2N/c1-9-5-10(2)16(7-9)8-11-3-4-12(14)13(15)6-11/h3-7H,8H2,1-2H3. The average molecular weight is 254 g/mol. The molecule has 2 aromatic rings. The van der Waals surface area contributed by atoms with Gasteiger partial charge in [0.05, 0.1) is 10.0 Å². The topological polar surface area (TPSA) is 4.93 Å². The van der Waals surface area contributed by atoms with E-state index >= 15 is 0 Å². The molecule has 0 saturated carbocycles. The summed E-state index contributed by atoms with van der Waals surface area (Å²) in [5.41, 5.74) is 3.69. The van der Waals surface area contributed by atoms with Crippen LogP contribution in [0, 0.1) is 13.8 Å². The number of aryl methyl sites for hydroxylation is 2. The summed E-state index contributed by atoms with van der Waals surface area (Å²) in [6.07, 6.45) is 2.14. The monoisotopic (exact) mass is 253 g/mol. The van der Waals surface area contributed by atoms with E-state index < -0.39 is 0 Å². The van der Waals surface area contributed by atoms with E-state index in [9.17, 15) is 0 Å². The number of nitrogens with zero attached hydrogens (tertiary/aromatic N) is 1. The highest BCUT2D eigenvalue weighted by atomic mass is 35.5. The zero-order chi connectivity index (χ0) is 11.7. The van der Waals surface area contributed by atoms with Gasteiger partial charge in [-0.25, -0.2) is 0 Å². The van der Waals surface area contributed by atoms with Crippen LogP contribution in [0.2, 0.25) is 10.0 Å². The van der Waals surface area contributed by atoms with Crippen molar-refractivity contribution in [1.29, 1.82) is 0 Å². The Kier molecular flexibility index (Phi) is 3.27. The molecule has 0 fully saturated rings. The minimum atomic E-state index is 0.603. The zero-order valence-corrected chi connectivity index (χ0v) is 10.8. The summed E-state index contributed by atoms with van der Waals surface area (Å²) >= 11 is 11.9. The molecular formula is C13H13Cl2N. The Labute approximate surface area is 106 Å². The fourth-order valence-corrected chi connectivity index (χ4v) is 2.12. The number of hydrogen-bond acceptors (Lipinski definition) is 0. The van der Waals surface area contributed by atoms with Crippen molar-refractivity contribution < 1.29 is 0 Å². The number of hydrogen-bond donors (Lipinski definition) is 0. The Morgan fingerprint density at radius 1 is 1.06 bits per heavy atom. The summed E-state index contributed by atoms with van der Waals surface area (Å²) in [5, 5.41) is 1.21. The Bertz CT molecular complexity index is 515. The zero-order valence-electron chi connectivity index (χ0n) is 9.30. The molecule has 0 aliphatic heterocycles. The lowest BCUT2D eigenvalue weighted by Crippen LogP contribution is -1.99. The van der Waals surface area contributed by atoms with Gasteiger partial charge in [-0.15, -0.1) is 0 Å². The second kappa shape index (κ2) is 4.52. The smallest absolute Gasteiger partial charge is 0.0595 e. The van der Waals surface area contributed by atoms with Crippen molar-refractivity contribution in [2.45, 2.75) is 20.4 Å². The minimum absolute atomic E-state index is 0.603. The maximum absolute atomic E-state index is 5.98. The summed E-state index contributed by atoms with van der Waals surface area (Å²) < 4.78 is 2.20. The highest BCUT2D eigenvalue weighted by Crippen LogP contribution is 2.23. The van der Waals surface area contributed by atoms with Crippen molar-refractivity contribution in [3.05, 3.63) is 57.3 Å². The average Bonchev–Trinajstić information content (AvgIpc) is 2.51. The number of halogens is 2. The van der Waals surface area contributed by atoms with Crippen molar-refractivity contribution in [3.8, 4) is 0 Å². The van der Waals surface area contributed by atoms with E-state index in [-0.39, 0.29) is 0 Å². The second-order valence-electron chi connectivity index (χ2n) is 4.04. The molecule has 0 unspecified atom stereocenters. The highest BCUT2D eigenvalue weighted by molar-refractivity contribution is 6.42. The van der Waals surface area contributed by atoms with Crippen LogP contribution in [0.5, 0.6) is 0 Å². The lowest BCUT2D eigenvalue weighted by atomic mass is 10.2. The third-order valence-corrected chi connectivity index (χ3v) is 3.33. The Hall–Kier alpha value is -0.920. The van der Waals surface area contributed by atoms with Crippen LogP contribution < -0.4 is 0 Å². The van der Waals surface area contributed by atoms with Crippen LogP contribution in [0.4, 0.5) is 0 Å². The summed E-state index contributed by atoms with van der Waals surface area (Å²) in [6.45, 7) is 5.03. The third kappa shape index (κ3) is 2.42. The lowest BCUT2D eigenvalue weighted by molar-refractivity contribution is 0.775. The van der Waals surface area contributed by atoms with Crippen LogP contribution in [0.1, 0.15) is 16.8 Å². The van der Waals surface area contributed by atoms with Gasteiger partial charge < -0.3 is 4.57 Å². The molecule has 0 atom stereocenters. The maximum Gasteiger partial charge on any atom is 0.0595 e. The first-order valence-corrected chi connectivity index (χ1v) is 5.89. The molecule has 0 bridgehead atoms. The largest absolute Gasteiger partial charge is 0.347 e. The SMILES string of the molecule is Cc1cc(C)n(Cc2ccc(Cl)c(Cl)c2)c1. The van der Waals surface area contributed by atoms with E-state index in [1.165, 1.54) is 11.3 Å². The molecule has 0 N–H and O–H groups in total. The summed E-state index contributed by atoms with van der Waals surface area (Å²) in [5.74, 6) is 0. The van der Waals surface area contributed by atoms with Crippen LogP contribution in [0.25, 0.3) is 0 Å². The van der Waals surface area contributed by atoms with E-state index in [2.05, 4.69) is 30.7 Å². The molecule has 1 nitrogen and oxygen atoms in total. The quantitative estimate of drug-likeness (QED) is 0.745. The van der Waals surface area contributed by atoms with E-state index in [1.807, 2.05) is 18.2 Å². The second-order valence-corrected chi connectivity index (χ2v) is 4.85. The van der Waals surface area contributed by atoms with Gasteiger partial charge in [0.2, 0.25) is 0 Å². The Morgan fingerprint density at radius 2 is 1.81 bits per heavy atom. The van der Waals surface area contributed by atoms with Crippen LogP contribution in [0.3, 0.4) is 0 Å². The molecule has 0 spiro atoms. The highest BCUT2D eigenvalue weighted by Gasteiger charge is 2.02. The van der Waals surface area contributed by atoms with Gasteiger partial charge in [-0.2, -0.15) is 0 Å². The van der Waals surface area contributed by atoms with Gasteiger partial charge in [-0.05, 0) is 43.2 Å². The van der Waals surface area contributed by atoms with Crippen LogP contribution in [-0.4, -0.2) is 4.57 Å². The van der Waals surface area contributed by atoms with Gasteiger partial charge in [0.25, 0.3) is 0 Å². The fraction of sp³-hybridized carbons (Fsp3) is 0.231. The molecule has 2 rings (SSSR count). The maximum atomic E-state index is 5.98. The van der Waals surface area contributed by atoms with Crippen molar-refractivity contribution in [3.63, 3.8) is 0 Å². The van der Waals surface area contributed by atoms with E-state index in [1.54, 1.807) is 0 Å². The van der Waals surface area contributed by atoms with Gasteiger partial charge in [-0.1, -0.05) is 29.3 Å². The molecule has 0 radical (unpaired) electrons. The van der Waals surface area contributed by atoms with Crippen LogP contribution in [0.15, 0.2) is 30.5 Å². The number of aromatic nitrogens is 1. The van der Waals surface area contributed by atoms with Crippen LogP contribution in [-0.2, 0) is 6.54 Å². The molecule has 16 heavy (non-hydrogen) atoms. The van der Waals surface area contributed by atoms with Gasteiger partial charge in [0.15, 0.2) is 0 Å². The van der Waals surface area contributed by atoms with E-state index in [0.29, 0.717) is 10.0 Å². The third-order valence-electron chi connectivity index (χ3n) is 2.59. The minimum Gasteiger partial charge on any atom is -0.347 e. The molecule has 0 saturated heterocycles. The van der Waals surface area contributed by atoms with Crippen molar-refractivity contribution in [2.75, 3.05) is 0 Å². The normalized spacial score (nSPS) is 10.8. The predicted molar refractivity (Wildman–Crippen MR) is 69.5 cm³/mol. The fourth-order valence-electron chi connectivity index (χ4n) is 1.80.